The van der Waals surface area contributed by atoms with E-state index in [2.05, 4.69) is 10.1 Å². The van der Waals surface area contributed by atoms with Gasteiger partial charge in [0.05, 0.1) is 15.9 Å². The van der Waals surface area contributed by atoms with Gasteiger partial charge < -0.3 is 14.2 Å². The number of carbonyl (C=O) groups excluding carboxylic acids is 1. The highest BCUT2D eigenvalue weighted by Crippen LogP contribution is 2.58. The minimum atomic E-state index is -4.73. The number of hydrogen-bond donors (Lipinski definition) is 0. The highest BCUT2D eigenvalue weighted by atomic mass is 32.2. The fourth-order valence-electron chi connectivity index (χ4n) is 4.12. The van der Waals surface area contributed by atoms with Gasteiger partial charge in [-0.05, 0) is 37.5 Å². The predicted molar refractivity (Wildman–Crippen MR) is 105 cm³/mol. The summed E-state index contributed by atoms with van der Waals surface area (Å²) in [5.74, 6) is -2.03. The number of nitrogens with zero attached hydrogens (tertiary/aromatic N) is 3. The zero-order valence-electron chi connectivity index (χ0n) is 18.3. The van der Waals surface area contributed by atoms with Gasteiger partial charge in [0.1, 0.15) is 12.2 Å². The van der Waals surface area contributed by atoms with Crippen molar-refractivity contribution in [3.05, 3.63) is 35.5 Å². The topological polar surface area (TPSA) is 103 Å². The molecule has 1 amide bonds. The molecule has 0 bridgehead atoms. The maximum atomic E-state index is 13.3. The zero-order valence-corrected chi connectivity index (χ0v) is 19.1. The number of benzene rings is 1. The SMILES string of the molecule is CC(Oc1ccc(S(C)(=O)=O)cc1C(=O)N1CC2CC2(c2noc(CC(F)(F)F)n2)C1)C(F)(F)F. The predicted octanol–water partition coefficient (Wildman–Crippen LogP) is 3.32. The summed E-state index contributed by atoms with van der Waals surface area (Å²) >= 11 is 0. The van der Waals surface area contributed by atoms with Crippen LogP contribution in [0.1, 0.15) is 35.4 Å². The van der Waals surface area contributed by atoms with Crippen molar-refractivity contribution < 1.29 is 48.8 Å². The van der Waals surface area contributed by atoms with Gasteiger partial charge in [0.15, 0.2) is 21.8 Å². The standard InChI is InChI=1S/C20H19F6N3O5S/c1-10(20(24,25)26)33-14-4-3-12(35(2,31)32)5-13(14)16(30)29-8-11-6-18(11,9-29)17-27-15(34-28-17)7-19(21,22)23/h3-5,10-11H,6-9H2,1-2H3. The molecule has 0 spiro atoms. The second-order valence-corrected chi connectivity index (χ2v) is 10.8. The first-order chi connectivity index (χ1) is 16.0. The van der Waals surface area contributed by atoms with Crippen molar-refractivity contribution >= 4 is 15.7 Å². The number of halogens is 6. The van der Waals surface area contributed by atoms with Crippen LogP contribution in [-0.4, -0.2) is 67.2 Å². The Hall–Kier alpha value is -2.84. The van der Waals surface area contributed by atoms with Gasteiger partial charge >= 0.3 is 12.4 Å². The Morgan fingerprint density at radius 1 is 1.29 bits per heavy atom. The average molecular weight is 527 g/mol. The number of ether oxygens (including phenoxy) is 1. The van der Waals surface area contributed by atoms with E-state index in [-0.39, 0.29) is 35.3 Å². The quantitative estimate of drug-likeness (QED) is 0.531. The summed E-state index contributed by atoms with van der Waals surface area (Å²) < 4.78 is 110. The van der Waals surface area contributed by atoms with Gasteiger partial charge in [-0.25, -0.2) is 8.42 Å². The van der Waals surface area contributed by atoms with E-state index in [1.165, 1.54) is 4.90 Å². The fourth-order valence-corrected chi connectivity index (χ4v) is 4.77. The minimum Gasteiger partial charge on any atom is -0.480 e. The molecule has 3 atom stereocenters. The first-order valence-corrected chi connectivity index (χ1v) is 12.2. The normalized spacial score (nSPS) is 23.2. The van der Waals surface area contributed by atoms with Crippen LogP contribution in [0.4, 0.5) is 26.3 Å². The lowest BCUT2D eigenvalue weighted by Gasteiger charge is -2.24. The molecule has 1 saturated heterocycles. The number of aromatic nitrogens is 2. The van der Waals surface area contributed by atoms with Gasteiger partial charge in [0.25, 0.3) is 5.91 Å². The molecule has 1 aliphatic carbocycles. The van der Waals surface area contributed by atoms with E-state index in [0.717, 1.165) is 31.4 Å². The highest BCUT2D eigenvalue weighted by Gasteiger charge is 2.64. The van der Waals surface area contributed by atoms with Crippen molar-refractivity contribution in [1.29, 1.82) is 0 Å². The maximum Gasteiger partial charge on any atom is 0.425 e. The highest BCUT2D eigenvalue weighted by molar-refractivity contribution is 7.90. The van der Waals surface area contributed by atoms with E-state index in [9.17, 15) is 39.6 Å². The third-order valence-electron chi connectivity index (χ3n) is 6.07. The maximum absolute atomic E-state index is 13.3. The summed E-state index contributed by atoms with van der Waals surface area (Å²) in [4.78, 5) is 18.1. The van der Waals surface area contributed by atoms with E-state index in [4.69, 9.17) is 9.26 Å². The molecule has 1 saturated carbocycles. The molecule has 15 heteroatoms. The van der Waals surface area contributed by atoms with Gasteiger partial charge in [-0.1, -0.05) is 5.16 Å². The minimum absolute atomic E-state index is 0.0177. The first-order valence-electron chi connectivity index (χ1n) is 10.3. The van der Waals surface area contributed by atoms with Crippen molar-refractivity contribution in [3.63, 3.8) is 0 Å². The molecule has 8 nitrogen and oxygen atoms in total. The summed E-state index contributed by atoms with van der Waals surface area (Å²) in [7, 11) is -3.80. The number of alkyl halides is 6. The van der Waals surface area contributed by atoms with Crippen LogP contribution in [-0.2, 0) is 21.7 Å². The summed E-state index contributed by atoms with van der Waals surface area (Å²) in [6.07, 6.45) is -11.6. The Morgan fingerprint density at radius 3 is 2.57 bits per heavy atom. The molecule has 3 unspecified atom stereocenters. The number of amides is 1. The largest absolute Gasteiger partial charge is 0.480 e. The number of carbonyl (C=O) groups is 1. The number of likely N-dealkylation sites (tertiary alicyclic amines) is 1. The summed E-state index contributed by atoms with van der Waals surface area (Å²) in [5, 5.41) is 3.64. The smallest absolute Gasteiger partial charge is 0.425 e. The molecule has 4 rings (SSSR count). The molecule has 1 aliphatic heterocycles. The van der Waals surface area contributed by atoms with Gasteiger partial charge in [0.2, 0.25) is 5.89 Å². The Kier molecular flexibility index (Phi) is 5.84. The van der Waals surface area contributed by atoms with Gasteiger partial charge in [-0.3, -0.25) is 4.79 Å². The molecule has 192 valence electrons. The molecule has 2 heterocycles. The Morgan fingerprint density at radius 2 is 1.97 bits per heavy atom. The fraction of sp³-hybridized carbons (Fsp3) is 0.550. The van der Waals surface area contributed by atoms with Crippen LogP contribution in [0.3, 0.4) is 0 Å². The monoisotopic (exact) mass is 527 g/mol. The van der Waals surface area contributed by atoms with Crippen molar-refractivity contribution in [3.8, 4) is 5.75 Å². The second kappa shape index (κ2) is 8.10. The van der Waals surface area contributed by atoms with Crippen LogP contribution in [0.15, 0.2) is 27.6 Å². The van der Waals surface area contributed by atoms with Gasteiger partial charge in [-0.2, -0.15) is 31.3 Å². The molecule has 0 radical (unpaired) electrons. The summed E-state index contributed by atoms with van der Waals surface area (Å²) in [5.41, 5.74) is -1.22. The van der Waals surface area contributed by atoms with Crippen LogP contribution < -0.4 is 4.74 Å². The number of rotatable bonds is 6. The van der Waals surface area contributed by atoms with Gasteiger partial charge in [0, 0.05) is 19.3 Å². The number of fused-ring (bicyclic) bond motifs is 1. The number of hydrogen-bond acceptors (Lipinski definition) is 7. The van der Waals surface area contributed by atoms with Crippen molar-refractivity contribution in [2.45, 2.75) is 48.5 Å². The molecule has 35 heavy (non-hydrogen) atoms. The molecular formula is C20H19F6N3O5S. The molecule has 2 aromatic rings. The second-order valence-electron chi connectivity index (χ2n) is 8.78. The van der Waals surface area contributed by atoms with E-state index >= 15 is 0 Å². The molecule has 0 N–H and O–H groups in total. The summed E-state index contributed by atoms with van der Waals surface area (Å²) in [6, 6.07) is 2.97. The van der Waals surface area contributed by atoms with Crippen molar-refractivity contribution in [2.24, 2.45) is 5.92 Å². The lowest BCUT2D eigenvalue weighted by molar-refractivity contribution is -0.189. The molecule has 1 aromatic heterocycles. The van der Waals surface area contributed by atoms with Crippen LogP contribution in [0.2, 0.25) is 0 Å². The lowest BCUT2D eigenvalue weighted by Crippen LogP contribution is -2.35. The number of piperidine rings is 1. The summed E-state index contributed by atoms with van der Waals surface area (Å²) in [6.45, 7) is 0.839. The van der Waals surface area contributed by atoms with Crippen LogP contribution in [0.25, 0.3) is 0 Å². The Balaban J connectivity index is 1.60. The molecule has 1 aromatic carbocycles. The third-order valence-corrected chi connectivity index (χ3v) is 7.18. The molecular weight excluding hydrogens is 508 g/mol. The Bertz CT molecular complexity index is 1260. The lowest BCUT2D eigenvalue weighted by atomic mass is 10.1. The molecule has 2 aliphatic rings. The van der Waals surface area contributed by atoms with E-state index < -0.39 is 57.7 Å². The third kappa shape index (κ3) is 5.09. The van der Waals surface area contributed by atoms with Crippen LogP contribution >= 0.6 is 0 Å². The van der Waals surface area contributed by atoms with E-state index in [1.54, 1.807) is 0 Å². The average Bonchev–Trinajstić information content (AvgIpc) is 3.05. The zero-order chi connectivity index (χ0) is 26.0. The van der Waals surface area contributed by atoms with Gasteiger partial charge in [-0.15, -0.1) is 0 Å². The van der Waals surface area contributed by atoms with Crippen molar-refractivity contribution in [1.82, 2.24) is 15.0 Å². The first kappa shape index (κ1) is 25.3. The van der Waals surface area contributed by atoms with Crippen molar-refractivity contribution in [2.75, 3.05) is 19.3 Å². The number of sulfone groups is 1. The molecule has 2 fully saturated rings. The van der Waals surface area contributed by atoms with E-state index in [0.29, 0.717) is 6.42 Å². The van der Waals surface area contributed by atoms with Crippen LogP contribution in [0, 0.1) is 5.92 Å². The van der Waals surface area contributed by atoms with Crippen LogP contribution in [0.5, 0.6) is 5.75 Å². The van der Waals surface area contributed by atoms with E-state index in [1.807, 2.05) is 0 Å². The Labute approximate surface area is 195 Å².